The van der Waals surface area contributed by atoms with E-state index >= 15 is 0 Å². The molecule has 0 bridgehead atoms. The van der Waals surface area contributed by atoms with Crippen LogP contribution in [0.15, 0.2) is 48.5 Å². The number of benzene rings is 2. The van der Waals surface area contributed by atoms with Gasteiger partial charge in [-0.05, 0) is 22.3 Å². The SMILES string of the molecule is COCCC(=O)N[C@H]1C[C@H](C(=O)ON2C(=O)CCC2=O)N(C(=O)OCC2c3ccccc3-c3ccccc32)C1. The lowest BCUT2D eigenvalue weighted by molar-refractivity contribution is -0.200. The first-order valence-corrected chi connectivity index (χ1v) is 12.8. The molecule has 5 rings (SSSR count). The normalized spacial score (nSPS) is 20.1. The van der Waals surface area contributed by atoms with Crippen LogP contribution in [0.3, 0.4) is 0 Å². The molecule has 2 atom stereocenters. The topological polar surface area (TPSA) is 132 Å². The van der Waals surface area contributed by atoms with Crippen LogP contribution in [0.1, 0.15) is 42.7 Å². The molecule has 2 fully saturated rings. The standard InChI is InChI=1S/C28H29N3O8/c1-37-13-12-24(32)29-17-14-23(27(35)39-31-25(33)10-11-26(31)34)30(15-17)28(36)38-16-22-20-8-4-2-6-18(20)19-7-3-5-9-21(19)22/h2-9,17,22-23H,10-16H2,1H3,(H,29,32)/t17-,23+/m0/s1. The molecular formula is C28H29N3O8. The van der Waals surface area contributed by atoms with E-state index in [1.807, 2.05) is 48.5 Å². The van der Waals surface area contributed by atoms with E-state index in [1.54, 1.807) is 0 Å². The van der Waals surface area contributed by atoms with Crippen molar-refractivity contribution in [1.82, 2.24) is 15.3 Å². The van der Waals surface area contributed by atoms with Crippen LogP contribution in [0, 0.1) is 0 Å². The summed E-state index contributed by atoms with van der Waals surface area (Å²) in [7, 11) is 1.48. The maximum atomic E-state index is 13.3. The highest BCUT2D eigenvalue weighted by Crippen LogP contribution is 2.44. The Hall–Kier alpha value is -4.25. The van der Waals surface area contributed by atoms with E-state index in [9.17, 15) is 24.0 Å². The Labute approximate surface area is 224 Å². The Morgan fingerprint density at radius 1 is 0.949 bits per heavy atom. The molecule has 11 nitrogen and oxygen atoms in total. The zero-order valence-electron chi connectivity index (χ0n) is 21.5. The van der Waals surface area contributed by atoms with Crippen molar-refractivity contribution in [3.05, 3.63) is 59.7 Å². The summed E-state index contributed by atoms with van der Waals surface area (Å²) in [5, 5.41) is 3.24. The molecule has 2 heterocycles. The quantitative estimate of drug-likeness (QED) is 0.509. The van der Waals surface area contributed by atoms with Crippen molar-refractivity contribution in [3.63, 3.8) is 0 Å². The van der Waals surface area contributed by atoms with Crippen LogP contribution >= 0.6 is 0 Å². The first-order chi connectivity index (χ1) is 18.9. The van der Waals surface area contributed by atoms with Crippen molar-refractivity contribution in [2.24, 2.45) is 0 Å². The zero-order chi connectivity index (χ0) is 27.5. The van der Waals surface area contributed by atoms with Crippen LogP contribution in [0.4, 0.5) is 4.79 Å². The number of fused-ring (bicyclic) bond motifs is 3. The zero-order valence-corrected chi connectivity index (χ0v) is 21.5. The van der Waals surface area contributed by atoms with Gasteiger partial charge in [-0.1, -0.05) is 48.5 Å². The van der Waals surface area contributed by atoms with Crippen molar-refractivity contribution >= 4 is 29.8 Å². The molecule has 1 aliphatic carbocycles. The fourth-order valence-corrected chi connectivity index (χ4v) is 5.35. The molecule has 0 spiro atoms. The van der Waals surface area contributed by atoms with Crippen LogP contribution in [0.2, 0.25) is 0 Å². The molecular weight excluding hydrogens is 506 g/mol. The molecule has 39 heavy (non-hydrogen) atoms. The molecule has 0 aromatic heterocycles. The summed E-state index contributed by atoms with van der Waals surface area (Å²) < 4.78 is 10.7. The Kier molecular flexibility index (Phi) is 7.60. The number of nitrogens with one attached hydrogen (secondary N) is 1. The number of nitrogens with zero attached hydrogens (tertiary/aromatic N) is 2. The maximum absolute atomic E-state index is 13.3. The third kappa shape index (κ3) is 5.35. The molecule has 1 N–H and O–H groups in total. The Balaban J connectivity index is 1.30. The lowest BCUT2D eigenvalue weighted by Gasteiger charge is -2.24. The van der Waals surface area contributed by atoms with Gasteiger partial charge >= 0.3 is 12.1 Å². The number of ether oxygens (including phenoxy) is 2. The number of hydroxylamine groups is 2. The van der Waals surface area contributed by atoms with E-state index in [2.05, 4.69) is 5.32 Å². The predicted octanol–water partition coefficient (Wildman–Crippen LogP) is 2.14. The summed E-state index contributed by atoms with van der Waals surface area (Å²) in [5.74, 6) is -2.67. The number of hydrogen-bond donors (Lipinski definition) is 1. The number of carbonyl (C=O) groups is 5. The number of amides is 4. The van der Waals surface area contributed by atoms with Crippen molar-refractivity contribution in [3.8, 4) is 11.1 Å². The van der Waals surface area contributed by atoms with E-state index in [-0.39, 0.29) is 57.3 Å². The molecule has 3 aliphatic rings. The lowest BCUT2D eigenvalue weighted by atomic mass is 9.98. The van der Waals surface area contributed by atoms with Gasteiger partial charge < -0.3 is 19.6 Å². The minimum atomic E-state index is -1.16. The van der Waals surface area contributed by atoms with Gasteiger partial charge in [-0.15, -0.1) is 5.06 Å². The second-order valence-electron chi connectivity index (χ2n) is 9.71. The Morgan fingerprint density at radius 2 is 1.56 bits per heavy atom. The molecule has 0 unspecified atom stereocenters. The Bertz CT molecular complexity index is 1250. The summed E-state index contributed by atoms with van der Waals surface area (Å²) >= 11 is 0. The summed E-state index contributed by atoms with van der Waals surface area (Å²) in [6.45, 7) is 0.259. The van der Waals surface area contributed by atoms with Gasteiger partial charge in [0.05, 0.1) is 6.61 Å². The highest BCUT2D eigenvalue weighted by atomic mass is 16.7. The van der Waals surface area contributed by atoms with Gasteiger partial charge in [-0.2, -0.15) is 0 Å². The predicted molar refractivity (Wildman–Crippen MR) is 136 cm³/mol. The molecule has 2 aliphatic heterocycles. The van der Waals surface area contributed by atoms with Crippen molar-refractivity contribution < 1.29 is 38.3 Å². The lowest BCUT2D eigenvalue weighted by Crippen LogP contribution is -2.45. The van der Waals surface area contributed by atoms with E-state index in [0.717, 1.165) is 22.3 Å². The van der Waals surface area contributed by atoms with E-state index in [4.69, 9.17) is 14.3 Å². The van der Waals surface area contributed by atoms with Gasteiger partial charge in [0.1, 0.15) is 12.6 Å². The van der Waals surface area contributed by atoms with Gasteiger partial charge in [-0.25, -0.2) is 9.59 Å². The molecule has 2 aromatic carbocycles. The molecule has 4 amide bonds. The molecule has 11 heteroatoms. The first-order valence-electron chi connectivity index (χ1n) is 12.8. The number of carbonyl (C=O) groups excluding carboxylic acids is 5. The Morgan fingerprint density at radius 3 is 2.18 bits per heavy atom. The smallest absolute Gasteiger partial charge is 0.410 e. The van der Waals surface area contributed by atoms with Gasteiger partial charge in [0, 0.05) is 51.3 Å². The van der Waals surface area contributed by atoms with Crippen molar-refractivity contribution in [1.29, 1.82) is 0 Å². The molecule has 2 aromatic rings. The summed E-state index contributed by atoms with van der Waals surface area (Å²) in [5.41, 5.74) is 4.24. The van der Waals surface area contributed by atoms with Crippen LogP contribution in [0.5, 0.6) is 0 Å². The fraction of sp³-hybridized carbons (Fsp3) is 0.393. The highest BCUT2D eigenvalue weighted by molar-refractivity contribution is 6.02. The molecule has 0 radical (unpaired) electrons. The van der Waals surface area contributed by atoms with Crippen LogP contribution in [-0.4, -0.2) is 78.7 Å². The van der Waals surface area contributed by atoms with Gasteiger partial charge in [-0.3, -0.25) is 19.3 Å². The second kappa shape index (κ2) is 11.2. The van der Waals surface area contributed by atoms with Crippen molar-refractivity contribution in [2.45, 2.75) is 43.7 Å². The number of rotatable bonds is 8. The number of methoxy groups -OCH3 is 1. The van der Waals surface area contributed by atoms with Gasteiger partial charge in [0.15, 0.2) is 0 Å². The van der Waals surface area contributed by atoms with E-state index < -0.39 is 36.0 Å². The first kappa shape index (κ1) is 26.4. The minimum absolute atomic E-state index is 0.00292. The third-order valence-corrected chi connectivity index (χ3v) is 7.23. The molecule has 2 saturated heterocycles. The van der Waals surface area contributed by atoms with Crippen LogP contribution < -0.4 is 5.32 Å². The number of likely N-dealkylation sites (tertiary alicyclic amines) is 1. The van der Waals surface area contributed by atoms with E-state index in [0.29, 0.717) is 5.06 Å². The summed E-state index contributed by atoms with van der Waals surface area (Å²) in [6.07, 6.45) is -0.704. The fourth-order valence-electron chi connectivity index (χ4n) is 5.35. The number of hydrogen-bond acceptors (Lipinski definition) is 8. The van der Waals surface area contributed by atoms with Gasteiger partial charge in [0.25, 0.3) is 11.8 Å². The maximum Gasteiger partial charge on any atom is 0.410 e. The average Bonchev–Trinajstić information content (AvgIpc) is 3.60. The highest BCUT2D eigenvalue weighted by Gasteiger charge is 2.45. The largest absolute Gasteiger partial charge is 0.448 e. The third-order valence-electron chi connectivity index (χ3n) is 7.23. The summed E-state index contributed by atoms with van der Waals surface area (Å²) in [4.78, 5) is 68.9. The van der Waals surface area contributed by atoms with Crippen LogP contribution in [0.25, 0.3) is 11.1 Å². The van der Waals surface area contributed by atoms with Gasteiger partial charge in [0.2, 0.25) is 5.91 Å². The minimum Gasteiger partial charge on any atom is -0.448 e. The average molecular weight is 536 g/mol. The summed E-state index contributed by atoms with van der Waals surface area (Å²) in [6, 6.07) is 14.1. The number of imide groups is 1. The van der Waals surface area contributed by atoms with Crippen molar-refractivity contribution in [2.75, 3.05) is 26.9 Å². The second-order valence-corrected chi connectivity index (χ2v) is 9.71. The molecule has 0 saturated carbocycles. The van der Waals surface area contributed by atoms with Crippen LogP contribution in [-0.2, 0) is 33.5 Å². The monoisotopic (exact) mass is 535 g/mol. The molecule has 204 valence electrons. The van der Waals surface area contributed by atoms with E-state index in [1.165, 1.54) is 12.0 Å².